The second kappa shape index (κ2) is 5.43. The van der Waals surface area contributed by atoms with E-state index in [1.807, 2.05) is 43.3 Å². The van der Waals surface area contributed by atoms with E-state index in [2.05, 4.69) is 37.9 Å². The average Bonchev–Trinajstić information content (AvgIpc) is 2.77. The van der Waals surface area contributed by atoms with E-state index in [0.29, 0.717) is 5.56 Å². The molecule has 4 heteroatoms. The summed E-state index contributed by atoms with van der Waals surface area (Å²) < 4.78 is 1.81. The van der Waals surface area contributed by atoms with Crippen LogP contribution in [0.1, 0.15) is 21.5 Å². The molecule has 0 N–H and O–H groups in total. The summed E-state index contributed by atoms with van der Waals surface area (Å²) in [6.45, 7) is 1.98. The van der Waals surface area contributed by atoms with Crippen molar-refractivity contribution in [2.24, 2.45) is 0 Å². The fourth-order valence-corrected chi connectivity index (χ4v) is 5.11. The van der Waals surface area contributed by atoms with Crippen molar-refractivity contribution in [2.45, 2.75) is 6.92 Å². The first-order valence-corrected chi connectivity index (χ1v) is 8.46. The van der Waals surface area contributed by atoms with Crippen LogP contribution >= 0.6 is 43.2 Å². The van der Waals surface area contributed by atoms with Gasteiger partial charge in [-0.1, -0.05) is 36.4 Å². The molecule has 0 aliphatic rings. The molecule has 0 bridgehead atoms. The standard InChI is InChI=1S/C16H10Br2OS/c1-9-6-7-10-4-2-3-5-11(10)14(9)15(19)12-8-13(17)20-16(12)18/h2-8H,1H3. The summed E-state index contributed by atoms with van der Waals surface area (Å²) in [5.41, 5.74) is 2.50. The molecule has 20 heavy (non-hydrogen) atoms. The van der Waals surface area contributed by atoms with E-state index in [1.165, 1.54) is 11.3 Å². The molecule has 1 aromatic heterocycles. The second-order valence-corrected chi connectivity index (χ2v) is 8.29. The molecule has 0 spiro atoms. The van der Waals surface area contributed by atoms with Crippen LogP contribution in [0.5, 0.6) is 0 Å². The van der Waals surface area contributed by atoms with Crippen molar-refractivity contribution < 1.29 is 4.79 Å². The zero-order chi connectivity index (χ0) is 14.3. The maximum atomic E-state index is 12.9. The number of rotatable bonds is 2. The summed E-state index contributed by atoms with van der Waals surface area (Å²) in [4.78, 5) is 12.9. The predicted molar refractivity (Wildman–Crippen MR) is 91.8 cm³/mol. The zero-order valence-corrected chi connectivity index (χ0v) is 14.6. The van der Waals surface area contributed by atoms with E-state index in [9.17, 15) is 4.79 Å². The van der Waals surface area contributed by atoms with Crippen molar-refractivity contribution in [1.29, 1.82) is 0 Å². The Morgan fingerprint density at radius 3 is 2.55 bits per heavy atom. The minimum Gasteiger partial charge on any atom is -0.289 e. The van der Waals surface area contributed by atoms with Crippen LogP contribution in [0.4, 0.5) is 0 Å². The van der Waals surface area contributed by atoms with Gasteiger partial charge in [-0.25, -0.2) is 0 Å². The van der Waals surface area contributed by atoms with Gasteiger partial charge in [0.05, 0.1) is 7.57 Å². The highest BCUT2D eigenvalue weighted by atomic mass is 79.9. The highest BCUT2D eigenvalue weighted by Gasteiger charge is 2.19. The molecule has 0 unspecified atom stereocenters. The number of carbonyl (C=O) groups excluding carboxylic acids is 1. The first kappa shape index (κ1) is 14.0. The monoisotopic (exact) mass is 408 g/mol. The van der Waals surface area contributed by atoms with Crippen molar-refractivity contribution in [3.8, 4) is 0 Å². The first-order chi connectivity index (χ1) is 9.58. The minimum atomic E-state index is 0.0631. The quantitative estimate of drug-likeness (QED) is 0.476. The summed E-state index contributed by atoms with van der Waals surface area (Å²) >= 11 is 8.42. The van der Waals surface area contributed by atoms with Gasteiger partial charge in [0.1, 0.15) is 0 Å². The molecule has 0 aliphatic carbocycles. The molecule has 1 heterocycles. The summed E-state index contributed by atoms with van der Waals surface area (Å²) in [6.07, 6.45) is 0. The molecule has 2 aromatic carbocycles. The molecule has 0 atom stereocenters. The van der Waals surface area contributed by atoms with Crippen LogP contribution in [0.25, 0.3) is 10.8 Å². The van der Waals surface area contributed by atoms with Gasteiger partial charge in [-0.15, -0.1) is 11.3 Å². The molecule has 0 amide bonds. The maximum absolute atomic E-state index is 12.9. The third-order valence-electron chi connectivity index (χ3n) is 3.27. The van der Waals surface area contributed by atoms with E-state index in [4.69, 9.17) is 0 Å². The van der Waals surface area contributed by atoms with Crippen LogP contribution < -0.4 is 0 Å². The summed E-state index contributed by atoms with van der Waals surface area (Å²) in [7, 11) is 0. The average molecular weight is 410 g/mol. The van der Waals surface area contributed by atoms with Crippen molar-refractivity contribution in [1.82, 2.24) is 0 Å². The summed E-state index contributed by atoms with van der Waals surface area (Å²) in [5, 5.41) is 2.10. The highest BCUT2D eigenvalue weighted by Crippen LogP contribution is 2.35. The lowest BCUT2D eigenvalue weighted by Gasteiger charge is -2.09. The Bertz CT molecular complexity index is 820. The smallest absolute Gasteiger partial charge is 0.195 e. The van der Waals surface area contributed by atoms with E-state index in [0.717, 1.165) is 29.5 Å². The molecular weight excluding hydrogens is 400 g/mol. The van der Waals surface area contributed by atoms with Gasteiger partial charge in [-0.3, -0.25) is 4.79 Å². The largest absolute Gasteiger partial charge is 0.289 e. The number of ketones is 1. The van der Waals surface area contributed by atoms with Gasteiger partial charge in [0, 0.05) is 11.1 Å². The molecule has 0 aliphatic heterocycles. The van der Waals surface area contributed by atoms with Gasteiger partial charge >= 0.3 is 0 Å². The van der Waals surface area contributed by atoms with Gasteiger partial charge in [0.2, 0.25) is 0 Å². The van der Waals surface area contributed by atoms with Gasteiger partial charge in [-0.05, 0) is 61.2 Å². The SMILES string of the molecule is Cc1ccc2ccccc2c1C(=O)c1cc(Br)sc1Br. The molecule has 1 nitrogen and oxygen atoms in total. The van der Waals surface area contributed by atoms with Gasteiger partial charge in [-0.2, -0.15) is 0 Å². The van der Waals surface area contributed by atoms with Crippen LogP contribution in [0, 0.1) is 6.92 Å². The third kappa shape index (κ3) is 2.36. The lowest BCUT2D eigenvalue weighted by Crippen LogP contribution is -2.04. The van der Waals surface area contributed by atoms with Crippen LogP contribution in [0.2, 0.25) is 0 Å². The Labute approximate surface area is 137 Å². The first-order valence-electron chi connectivity index (χ1n) is 6.06. The van der Waals surface area contributed by atoms with Gasteiger partial charge in [0.25, 0.3) is 0 Å². The second-order valence-electron chi connectivity index (χ2n) is 4.55. The number of aryl methyl sites for hydroxylation is 1. The number of thiophene rings is 1. The lowest BCUT2D eigenvalue weighted by molar-refractivity contribution is 0.103. The Hall–Kier alpha value is -0.970. The summed E-state index contributed by atoms with van der Waals surface area (Å²) in [6, 6.07) is 13.9. The van der Waals surface area contributed by atoms with Crippen LogP contribution in [0.3, 0.4) is 0 Å². The normalized spacial score (nSPS) is 10.9. The number of hydrogen-bond acceptors (Lipinski definition) is 2. The Kier molecular flexibility index (Phi) is 3.80. The van der Waals surface area contributed by atoms with Crippen LogP contribution in [-0.2, 0) is 0 Å². The molecule has 0 fully saturated rings. The van der Waals surface area contributed by atoms with E-state index in [1.54, 1.807) is 0 Å². The van der Waals surface area contributed by atoms with E-state index >= 15 is 0 Å². The van der Waals surface area contributed by atoms with Gasteiger partial charge < -0.3 is 0 Å². The Morgan fingerprint density at radius 1 is 1.10 bits per heavy atom. The zero-order valence-electron chi connectivity index (χ0n) is 10.6. The molecule has 3 aromatic rings. The highest BCUT2D eigenvalue weighted by molar-refractivity contribution is 9.12. The number of fused-ring (bicyclic) bond motifs is 1. The van der Waals surface area contributed by atoms with Crippen LogP contribution in [0.15, 0.2) is 50.0 Å². The van der Waals surface area contributed by atoms with E-state index < -0.39 is 0 Å². The van der Waals surface area contributed by atoms with Crippen molar-refractivity contribution in [2.75, 3.05) is 0 Å². The predicted octanol–water partition coefficient (Wildman–Crippen LogP) is 5.97. The minimum absolute atomic E-state index is 0.0631. The number of halogens is 2. The number of benzene rings is 2. The number of carbonyl (C=O) groups is 1. The molecule has 100 valence electrons. The lowest BCUT2D eigenvalue weighted by atomic mass is 9.94. The molecule has 0 radical (unpaired) electrons. The molecule has 0 saturated heterocycles. The van der Waals surface area contributed by atoms with Crippen LogP contribution in [-0.4, -0.2) is 5.78 Å². The third-order valence-corrected chi connectivity index (χ3v) is 5.61. The van der Waals surface area contributed by atoms with Crippen molar-refractivity contribution in [3.63, 3.8) is 0 Å². The Morgan fingerprint density at radius 2 is 1.85 bits per heavy atom. The van der Waals surface area contributed by atoms with E-state index in [-0.39, 0.29) is 5.78 Å². The number of hydrogen-bond donors (Lipinski definition) is 0. The van der Waals surface area contributed by atoms with Gasteiger partial charge in [0.15, 0.2) is 5.78 Å². The summed E-state index contributed by atoms with van der Waals surface area (Å²) in [5.74, 6) is 0.0631. The van der Waals surface area contributed by atoms with Crippen molar-refractivity contribution >= 4 is 59.8 Å². The molecular formula is C16H10Br2OS. The fourth-order valence-electron chi connectivity index (χ4n) is 2.31. The Balaban J connectivity index is 2.26. The maximum Gasteiger partial charge on any atom is 0.195 e. The molecule has 3 rings (SSSR count). The topological polar surface area (TPSA) is 17.1 Å². The fraction of sp³-hybridized carbons (Fsp3) is 0.0625. The van der Waals surface area contributed by atoms with Crippen molar-refractivity contribution in [3.05, 3.63) is 66.7 Å². The molecule has 0 saturated carbocycles.